The molecular formula is C18H16F2N4S. The number of hydrogen-bond acceptors (Lipinski definition) is 5. The average molecular weight is 358 g/mol. The van der Waals surface area contributed by atoms with E-state index in [0.29, 0.717) is 12.2 Å². The standard InChI is InChI=1S/C18H16F2N4S/c1-23-6-7-24(14-3-4-15(19)16(20)9-14)17-5-2-12(8-13(17)10-23)18-22-21-11-25-18/h2-5,8-9,11H,6-7,10H2,1H3. The van der Waals surface area contributed by atoms with Gasteiger partial charge >= 0.3 is 0 Å². The highest BCUT2D eigenvalue weighted by Crippen LogP contribution is 2.35. The minimum Gasteiger partial charge on any atom is -0.340 e. The first kappa shape index (κ1) is 16.1. The third-order valence-corrected chi connectivity index (χ3v) is 5.08. The number of halogens is 2. The number of anilines is 2. The summed E-state index contributed by atoms with van der Waals surface area (Å²) in [5.74, 6) is -1.66. The molecule has 1 aliphatic heterocycles. The molecule has 0 N–H and O–H groups in total. The molecule has 0 amide bonds. The van der Waals surface area contributed by atoms with Crippen molar-refractivity contribution in [1.29, 1.82) is 0 Å². The molecule has 0 fully saturated rings. The average Bonchev–Trinajstić information content (AvgIpc) is 3.08. The van der Waals surface area contributed by atoms with E-state index in [1.165, 1.54) is 23.5 Å². The molecule has 1 aliphatic rings. The van der Waals surface area contributed by atoms with Crippen LogP contribution in [0, 0.1) is 11.6 Å². The fourth-order valence-corrected chi connectivity index (χ4v) is 3.64. The summed E-state index contributed by atoms with van der Waals surface area (Å²) in [5.41, 5.74) is 5.50. The van der Waals surface area contributed by atoms with Gasteiger partial charge in [0.15, 0.2) is 11.6 Å². The van der Waals surface area contributed by atoms with Crippen LogP contribution < -0.4 is 4.90 Å². The maximum atomic E-state index is 13.7. The van der Waals surface area contributed by atoms with Crippen molar-refractivity contribution in [3.8, 4) is 10.6 Å². The summed E-state index contributed by atoms with van der Waals surface area (Å²) in [4.78, 5) is 4.24. The van der Waals surface area contributed by atoms with E-state index < -0.39 is 11.6 Å². The van der Waals surface area contributed by atoms with E-state index in [4.69, 9.17) is 0 Å². The maximum Gasteiger partial charge on any atom is 0.160 e. The number of aromatic nitrogens is 2. The zero-order chi connectivity index (χ0) is 17.4. The predicted octanol–water partition coefficient (Wildman–Crippen LogP) is 4.07. The van der Waals surface area contributed by atoms with Gasteiger partial charge in [0, 0.05) is 42.6 Å². The Morgan fingerprint density at radius 2 is 1.92 bits per heavy atom. The number of fused-ring (bicyclic) bond motifs is 1. The Morgan fingerprint density at radius 3 is 2.68 bits per heavy atom. The second-order valence-electron chi connectivity index (χ2n) is 6.08. The van der Waals surface area contributed by atoms with Crippen LogP contribution in [0.5, 0.6) is 0 Å². The van der Waals surface area contributed by atoms with Gasteiger partial charge in [-0.3, -0.25) is 0 Å². The highest BCUT2D eigenvalue weighted by atomic mass is 32.1. The predicted molar refractivity (Wildman–Crippen MR) is 95.0 cm³/mol. The Morgan fingerprint density at radius 1 is 1.04 bits per heavy atom. The molecule has 3 aromatic rings. The van der Waals surface area contributed by atoms with Crippen molar-refractivity contribution in [2.24, 2.45) is 0 Å². The smallest absolute Gasteiger partial charge is 0.160 e. The number of hydrogen-bond donors (Lipinski definition) is 0. The molecule has 0 saturated carbocycles. The molecule has 7 heteroatoms. The quantitative estimate of drug-likeness (QED) is 0.691. The van der Waals surface area contributed by atoms with Gasteiger partial charge in [-0.05, 0) is 42.9 Å². The summed E-state index contributed by atoms with van der Waals surface area (Å²) in [7, 11) is 2.05. The highest BCUT2D eigenvalue weighted by molar-refractivity contribution is 7.12. The molecule has 0 bridgehead atoms. The molecule has 0 unspecified atom stereocenters. The summed E-state index contributed by atoms with van der Waals surface area (Å²) in [5, 5.41) is 8.89. The van der Waals surface area contributed by atoms with E-state index in [1.54, 1.807) is 11.6 Å². The third kappa shape index (κ3) is 3.12. The van der Waals surface area contributed by atoms with Crippen LogP contribution in [0.2, 0.25) is 0 Å². The van der Waals surface area contributed by atoms with Crippen LogP contribution in [0.15, 0.2) is 41.9 Å². The largest absolute Gasteiger partial charge is 0.340 e. The molecular weight excluding hydrogens is 342 g/mol. The zero-order valence-electron chi connectivity index (χ0n) is 13.6. The molecule has 2 heterocycles. The molecule has 0 spiro atoms. The van der Waals surface area contributed by atoms with Crippen molar-refractivity contribution in [2.75, 3.05) is 25.0 Å². The van der Waals surface area contributed by atoms with Crippen molar-refractivity contribution in [2.45, 2.75) is 6.54 Å². The van der Waals surface area contributed by atoms with Gasteiger partial charge in [0.1, 0.15) is 10.5 Å². The van der Waals surface area contributed by atoms with Crippen LogP contribution in [-0.2, 0) is 6.54 Å². The molecule has 0 saturated heterocycles. The van der Waals surface area contributed by atoms with E-state index in [2.05, 4.69) is 28.2 Å². The van der Waals surface area contributed by atoms with Gasteiger partial charge in [0.05, 0.1) is 0 Å². The summed E-state index contributed by atoms with van der Waals surface area (Å²) in [6, 6.07) is 10.2. The van der Waals surface area contributed by atoms with E-state index in [9.17, 15) is 8.78 Å². The molecule has 25 heavy (non-hydrogen) atoms. The lowest BCUT2D eigenvalue weighted by atomic mass is 10.1. The van der Waals surface area contributed by atoms with Crippen LogP contribution in [0.25, 0.3) is 10.6 Å². The first-order valence-corrected chi connectivity index (χ1v) is 8.80. The van der Waals surface area contributed by atoms with Crippen molar-refractivity contribution in [1.82, 2.24) is 15.1 Å². The number of nitrogens with zero attached hydrogens (tertiary/aromatic N) is 4. The van der Waals surface area contributed by atoms with E-state index in [-0.39, 0.29) is 0 Å². The monoisotopic (exact) mass is 358 g/mol. The van der Waals surface area contributed by atoms with Gasteiger partial charge in [-0.25, -0.2) is 8.78 Å². The summed E-state index contributed by atoms with van der Waals surface area (Å²) in [6.45, 7) is 2.30. The van der Waals surface area contributed by atoms with E-state index in [0.717, 1.165) is 34.9 Å². The second-order valence-corrected chi connectivity index (χ2v) is 6.91. The number of rotatable bonds is 2. The van der Waals surface area contributed by atoms with Crippen LogP contribution in [-0.4, -0.2) is 35.2 Å². The molecule has 1 aromatic heterocycles. The molecule has 2 aromatic carbocycles. The minimum atomic E-state index is -0.831. The zero-order valence-corrected chi connectivity index (χ0v) is 14.4. The Kier molecular flexibility index (Phi) is 4.19. The van der Waals surface area contributed by atoms with Gasteiger partial charge < -0.3 is 9.80 Å². The number of likely N-dealkylation sites (N-methyl/N-ethyl adjacent to an activating group) is 1. The molecule has 4 rings (SSSR count). The lowest BCUT2D eigenvalue weighted by molar-refractivity contribution is 0.343. The molecule has 4 nitrogen and oxygen atoms in total. The third-order valence-electron chi connectivity index (χ3n) is 4.34. The van der Waals surface area contributed by atoms with Gasteiger partial charge in [-0.15, -0.1) is 10.2 Å². The first-order chi connectivity index (χ1) is 12.1. The molecule has 128 valence electrons. The second kappa shape index (κ2) is 6.50. The van der Waals surface area contributed by atoms with Gasteiger partial charge in [0.25, 0.3) is 0 Å². The van der Waals surface area contributed by atoms with Gasteiger partial charge in [-0.1, -0.05) is 11.3 Å². The number of benzene rings is 2. The van der Waals surface area contributed by atoms with Crippen LogP contribution >= 0.6 is 11.3 Å². The summed E-state index contributed by atoms with van der Waals surface area (Å²) >= 11 is 1.49. The Hall–Kier alpha value is -2.38. The Bertz CT molecular complexity index is 898. The molecule has 0 radical (unpaired) electrons. The van der Waals surface area contributed by atoms with Crippen LogP contribution in [0.4, 0.5) is 20.2 Å². The van der Waals surface area contributed by atoms with Crippen molar-refractivity contribution < 1.29 is 8.78 Å². The summed E-state index contributed by atoms with van der Waals surface area (Å²) < 4.78 is 27.0. The van der Waals surface area contributed by atoms with Crippen molar-refractivity contribution >= 4 is 22.7 Å². The fourth-order valence-electron chi connectivity index (χ4n) is 3.09. The summed E-state index contributed by atoms with van der Waals surface area (Å²) in [6.07, 6.45) is 0. The molecule has 0 aliphatic carbocycles. The van der Waals surface area contributed by atoms with Crippen molar-refractivity contribution in [3.05, 3.63) is 59.1 Å². The minimum absolute atomic E-state index is 0.652. The lowest BCUT2D eigenvalue weighted by Crippen LogP contribution is -2.26. The van der Waals surface area contributed by atoms with Crippen LogP contribution in [0.1, 0.15) is 5.56 Å². The maximum absolute atomic E-state index is 13.7. The highest BCUT2D eigenvalue weighted by Gasteiger charge is 2.21. The van der Waals surface area contributed by atoms with E-state index in [1.807, 2.05) is 17.0 Å². The normalized spacial score (nSPS) is 15.1. The van der Waals surface area contributed by atoms with Gasteiger partial charge in [-0.2, -0.15) is 0 Å². The van der Waals surface area contributed by atoms with Crippen LogP contribution in [0.3, 0.4) is 0 Å². The lowest BCUT2D eigenvalue weighted by Gasteiger charge is -2.25. The Labute approximate surface area is 148 Å². The SMILES string of the molecule is CN1CCN(c2ccc(F)c(F)c2)c2ccc(-c3nncs3)cc2C1. The van der Waals surface area contributed by atoms with Gasteiger partial charge in [0.2, 0.25) is 0 Å². The topological polar surface area (TPSA) is 32.3 Å². The Balaban J connectivity index is 1.79. The fraction of sp³-hybridized carbons (Fsp3) is 0.222. The molecule has 0 atom stereocenters. The van der Waals surface area contributed by atoms with Crippen molar-refractivity contribution in [3.63, 3.8) is 0 Å². The van der Waals surface area contributed by atoms with E-state index >= 15 is 0 Å². The first-order valence-electron chi connectivity index (χ1n) is 7.92.